The first-order valence-electron chi connectivity index (χ1n) is 7.92. The summed E-state index contributed by atoms with van der Waals surface area (Å²) in [6.45, 7) is 1.41. The number of hydrogen-bond acceptors (Lipinski definition) is 4. The first-order chi connectivity index (χ1) is 11.0. The van der Waals surface area contributed by atoms with Gasteiger partial charge in [0.2, 0.25) is 5.91 Å². The number of piperidine rings is 1. The maximum atomic E-state index is 12.4. The fourth-order valence-corrected chi connectivity index (χ4v) is 4.58. The van der Waals surface area contributed by atoms with Crippen LogP contribution in [0.4, 0.5) is 0 Å². The van der Waals surface area contributed by atoms with Gasteiger partial charge in [-0.05, 0) is 37.1 Å². The van der Waals surface area contributed by atoms with Gasteiger partial charge in [0.15, 0.2) is 0 Å². The number of rotatable bonds is 4. The van der Waals surface area contributed by atoms with Crippen LogP contribution < -0.4 is 0 Å². The molecule has 1 N–H and O–H groups in total. The molecule has 0 bridgehead atoms. The third-order valence-electron chi connectivity index (χ3n) is 5.25. The van der Waals surface area contributed by atoms with Gasteiger partial charge in [0.25, 0.3) is 0 Å². The molecular weight excluding hydrogens is 334 g/mol. The van der Waals surface area contributed by atoms with E-state index in [2.05, 4.69) is 0 Å². The Balaban J connectivity index is 1.49. The first-order valence-corrected chi connectivity index (χ1v) is 9.28. The fraction of sp³-hybridized carbons (Fsp3) is 0.588. The molecule has 2 fully saturated rings. The molecule has 0 unspecified atom stereocenters. The third-order valence-corrected chi connectivity index (χ3v) is 6.50. The van der Waals surface area contributed by atoms with Gasteiger partial charge in [-0.1, -0.05) is 11.6 Å². The maximum Gasteiger partial charge on any atom is 0.232 e. The Hall–Kier alpha value is -0.750. The van der Waals surface area contributed by atoms with E-state index in [0.717, 1.165) is 24.2 Å². The summed E-state index contributed by atoms with van der Waals surface area (Å²) in [7, 11) is 1.71. The molecular formula is C17H22ClNO3S. The van der Waals surface area contributed by atoms with Gasteiger partial charge in [-0.2, -0.15) is 0 Å². The maximum absolute atomic E-state index is 12.4. The number of aliphatic hydroxyl groups excluding tert-OH is 1. The number of amides is 1. The number of halogens is 1. The van der Waals surface area contributed by atoms with Crippen LogP contribution in [-0.2, 0) is 9.53 Å². The molecule has 3 rings (SSSR count). The minimum atomic E-state index is -0.284. The van der Waals surface area contributed by atoms with Crippen molar-refractivity contribution in [3.05, 3.63) is 29.3 Å². The lowest BCUT2D eigenvalue weighted by Crippen LogP contribution is -2.62. The Labute approximate surface area is 146 Å². The second-order valence-electron chi connectivity index (χ2n) is 6.33. The zero-order chi connectivity index (χ0) is 16.4. The molecule has 1 aromatic rings. The second kappa shape index (κ2) is 7.01. The normalized spacial score (nSPS) is 26.1. The molecule has 0 radical (unpaired) electrons. The highest BCUT2D eigenvalue weighted by molar-refractivity contribution is 8.00. The predicted molar refractivity (Wildman–Crippen MR) is 91.8 cm³/mol. The molecule has 1 spiro atoms. The molecule has 4 nitrogen and oxygen atoms in total. The summed E-state index contributed by atoms with van der Waals surface area (Å²) in [6.07, 6.45) is 2.22. The van der Waals surface area contributed by atoms with Crippen LogP contribution in [0, 0.1) is 5.41 Å². The van der Waals surface area contributed by atoms with E-state index in [0.29, 0.717) is 23.9 Å². The highest BCUT2D eigenvalue weighted by Gasteiger charge is 2.56. The van der Waals surface area contributed by atoms with E-state index in [1.807, 2.05) is 29.2 Å². The monoisotopic (exact) mass is 355 g/mol. The van der Waals surface area contributed by atoms with E-state index in [-0.39, 0.29) is 23.5 Å². The smallest absolute Gasteiger partial charge is 0.232 e. The third kappa shape index (κ3) is 3.38. The van der Waals surface area contributed by atoms with Crippen molar-refractivity contribution in [1.82, 2.24) is 4.90 Å². The molecule has 1 amide bonds. The molecule has 1 aliphatic heterocycles. The van der Waals surface area contributed by atoms with Gasteiger partial charge in [-0.3, -0.25) is 4.79 Å². The van der Waals surface area contributed by atoms with Gasteiger partial charge in [0.1, 0.15) is 0 Å². The van der Waals surface area contributed by atoms with Crippen LogP contribution in [0.1, 0.15) is 19.3 Å². The van der Waals surface area contributed by atoms with E-state index in [1.54, 1.807) is 7.11 Å². The van der Waals surface area contributed by atoms with E-state index in [4.69, 9.17) is 16.3 Å². The van der Waals surface area contributed by atoms with Gasteiger partial charge >= 0.3 is 0 Å². The van der Waals surface area contributed by atoms with Crippen molar-refractivity contribution in [3.63, 3.8) is 0 Å². The lowest BCUT2D eigenvalue weighted by molar-refractivity contribution is -0.202. The van der Waals surface area contributed by atoms with Gasteiger partial charge in [0, 0.05) is 42.0 Å². The average Bonchev–Trinajstić information content (AvgIpc) is 2.58. The lowest BCUT2D eigenvalue weighted by Gasteiger charge is -2.56. The number of carbonyl (C=O) groups is 1. The molecule has 126 valence electrons. The van der Waals surface area contributed by atoms with Crippen molar-refractivity contribution in [2.45, 2.75) is 36.4 Å². The second-order valence-corrected chi connectivity index (χ2v) is 7.82. The van der Waals surface area contributed by atoms with Crippen molar-refractivity contribution in [1.29, 1.82) is 0 Å². The summed E-state index contributed by atoms with van der Waals surface area (Å²) < 4.78 is 5.48. The van der Waals surface area contributed by atoms with Crippen LogP contribution in [0.2, 0.25) is 5.02 Å². The van der Waals surface area contributed by atoms with Gasteiger partial charge in [-0.25, -0.2) is 0 Å². The summed E-state index contributed by atoms with van der Waals surface area (Å²) in [6, 6.07) is 7.53. The summed E-state index contributed by atoms with van der Waals surface area (Å²) in [5, 5.41) is 10.8. The number of hydrogen-bond donors (Lipinski definition) is 1. The van der Waals surface area contributed by atoms with Crippen LogP contribution in [0.25, 0.3) is 0 Å². The summed E-state index contributed by atoms with van der Waals surface area (Å²) in [5.41, 5.74) is -0.130. The number of methoxy groups -OCH3 is 1. The van der Waals surface area contributed by atoms with E-state index in [1.165, 1.54) is 11.8 Å². The number of carbonyl (C=O) groups excluding carboxylic acids is 1. The van der Waals surface area contributed by atoms with Crippen LogP contribution in [-0.4, -0.2) is 54.1 Å². The Bertz CT molecular complexity index is 557. The van der Waals surface area contributed by atoms with Gasteiger partial charge in [-0.15, -0.1) is 11.8 Å². The molecule has 0 aromatic heterocycles. The zero-order valence-corrected chi connectivity index (χ0v) is 14.8. The van der Waals surface area contributed by atoms with Crippen LogP contribution in [0.3, 0.4) is 0 Å². The number of aliphatic hydroxyl groups is 1. The van der Waals surface area contributed by atoms with Crippen molar-refractivity contribution >= 4 is 29.3 Å². The van der Waals surface area contributed by atoms with Crippen LogP contribution in [0.5, 0.6) is 0 Å². The van der Waals surface area contributed by atoms with E-state index < -0.39 is 0 Å². The molecule has 1 saturated heterocycles. The Kier molecular flexibility index (Phi) is 5.21. The Morgan fingerprint density at radius 2 is 2.04 bits per heavy atom. The largest absolute Gasteiger partial charge is 0.392 e. The molecule has 2 aliphatic rings. The minimum Gasteiger partial charge on any atom is -0.392 e. The number of likely N-dealkylation sites (tertiary alicyclic amines) is 1. The molecule has 6 heteroatoms. The number of ether oxygens (including phenoxy) is 1. The van der Waals surface area contributed by atoms with Crippen molar-refractivity contribution in [2.75, 3.05) is 26.0 Å². The molecule has 2 atom stereocenters. The fourth-order valence-electron chi connectivity index (χ4n) is 3.65. The van der Waals surface area contributed by atoms with Crippen molar-refractivity contribution in [3.8, 4) is 0 Å². The molecule has 1 aromatic carbocycles. The number of nitrogens with zero attached hydrogens (tertiary/aromatic N) is 1. The molecule has 1 aliphatic carbocycles. The quantitative estimate of drug-likeness (QED) is 0.844. The Morgan fingerprint density at radius 3 is 2.61 bits per heavy atom. The minimum absolute atomic E-state index is 0.130. The topological polar surface area (TPSA) is 49.8 Å². The van der Waals surface area contributed by atoms with E-state index >= 15 is 0 Å². The van der Waals surface area contributed by atoms with Crippen molar-refractivity contribution in [2.24, 2.45) is 5.41 Å². The average molecular weight is 356 g/mol. The van der Waals surface area contributed by atoms with Crippen LogP contribution in [0.15, 0.2) is 29.2 Å². The van der Waals surface area contributed by atoms with Crippen LogP contribution >= 0.6 is 23.4 Å². The number of benzene rings is 1. The highest BCUT2D eigenvalue weighted by atomic mass is 35.5. The molecule has 1 saturated carbocycles. The number of thioether (sulfide) groups is 1. The summed E-state index contributed by atoms with van der Waals surface area (Å²) in [5.74, 6) is 0.591. The van der Waals surface area contributed by atoms with Gasteiger partial charge < -0.3 is 14.7 Å². The van der Waals surface area contributed by atoms with Crippen molar-refractivity contribution < 1.29 is 14.6 Å². The molecule has 23 heavy (non-hydrogen) atoms. The lowest BCUT2D eigenvalue weighted by atomic mass is 9.58. The summed E-state index contributed by atoms with van der Waals surface area (Å²) in [4.78, 5) is 15.3. The summed E-state index contributed by atoms with van der Waals surface area (Å²) >= 11 is 7.39. The first kappa shape index (κ1) is 17.1. The highest BCUT2D eigenvalue weighted by Crippen LogP contribution is 2.50. The molecule has 1 heterocycles. The van der Waals surface area contributed by atoms with Gasteiger partial charge in [0.05, 0.1) is 18.0 Å². The standard InChI is InChI=1S/C17H22ClNO3S/c1-22-15-10-14(20)17(15)6-8-19(9-7-17)16(21)11-23-13-4-2-12(18)3-5-13/h2-5,14-15,20H,6-11H2,1H3/t14-,15+/m1/s1. The Morgan fingerprint density at radius 1 is 1.39 bits per heavy atom. The van der Waals surface area contributed by atoms with E-state index in [9.17, 15) is 9.90 Å². The predicted octanol–water partition coefficient (Wildman–Crippen LogP) is 2.82. The zero-order valence-electron chi connectivity index (χ0n) is 13.2. The SMILES string of the molecule is CO[C@H]1C[C@@H](O)C12CCN(C(=O)CSc1ccc(Cl)cc1)CC2.